The van der Waals surface area contributed by atoms with Crippen molar-refractivity contribution in [3.8, 4) is 0 Å². The van der Waals surface area contributed by atoms with E-state index in [-0.39, 0.29) is 29.9 Å². The van der Waals surface area contributed by atoms with Crippen molar-refractivity contribution in [1.82, 2.24) is 20.1 Å². The van der Waals surface area contributed by atoms with Crippen LogP contribution in [0.3, 0.4) is 0 Å². The van der Waals surface area contributed by atoms with Crippen molar-refractivity contribution in [2.24, 2.45) is 5.41 Å². The predicted octanol–water partition coefficient (Wildman–Crippen LogP) is 5.65. The van der Waals surface area contributed by atoms with Crippen LogP contribution in [0.25, 0.3) is 0 Å². The molecule has 1 spiro atoms. The van der Waals surface area contributed by atoms with Crippen LogP contribution in [-0.2, 0) is 10.2 Å². The number of hydrogen-bond acceptors (Lipinski definition) is 4. The van der Waals surface area contributed by atoms with E-state index in [1.807, 2.05) is 18.3 Å². The van der Waals surface area contributed by atoms with Gasteiger partial charge in [-0.05, 0) is 76.1 Å². The summed E-state index contributed by atoms with van der Waals surface area (Å²) in [6, 6.07) is 7.31. The minimum Gasteiger partial charge on any atom is -0.375 e. The van der Waals surface area contributed by atoms with Crippen molar-refractivity contribution in [2.75, 3.05) is 13.2 Å². The molecule has 184 valence electrons. The molecule has 8 heteroatoms. The zero-order valence-electron chi connectivity index (χ0n) is 19.5. The van der Waals surface area contributed by atoms with Gasteiger partial charge in [-0.2, -0.15) is 18.3 Å². The van der Waals surface area contributed by atoms with E-state index in [2.05, 4.69) is 22.5 Å². The standard InChI is InChI=1S/C26H33F3N4O/c27-26(28,29)25(9-10-25)22-17-19(20-6-14-32-33(20)22)30-15-11-23(21-5-1-4-13-31-21)12-16-34-24(18-23)7-2-3-8-24/h1,4-6,13-14,19,22,30H,2-3,7-12,15-18H2/t19-,22+,23?/m1/s1. The second-order valence-corrected chi connectivity index (χ2v) is 11.0. The molecule has 4 aliphatic rings. The highest BCUT2D eigenvalue weighted by Gasteiger charge is 2.69. The smallest absolute Gasteiger partial charge is 0.375 e. The van der Waals surface area contributed by atoms with Gasteiger partial charge in [0.2, 0.25) is 0 Å². The third-order valence-corrected chi connectivity index (χ3v) is 9.17. The van der Waals surface area contributed by atoms with Gasteiger partial charge in [0.25, 0.3) is 0 Å². The van der Waals surface area contributed by atoms with E-state index in [1.165, 1.54) is 12.8 Å². The fraction of sp³-hybridized carbons (Fsp3) is 0.692. The van der Waals surface area contributed by atoms with Gasteiger partial charge in [0.1, 0.15) is 0 Å². The normalized spacial score (nSPS) is 31.6. The minimum absolute atomic E-state index is 0.0437. The molecule has 1 unspecified atom stereocenters. The molecule has 0 aromatic carbocycles. The first-order chi connectivity index (χ1) is 16.4. The van der Waals surface area contributed by atoms with E-state index < -0.39 is 17.6 Å². The average molecular weight is 475 g/mol. The molecule has 3 fully saturated rings. The molecule has 2 aromatic rings. The van der Waals surface area contributed by atoms with Gasteiger partial charge in [-0.25, -0.2) is 0 Å². The first kappa shape index (κ1) is 22.5. The van der Waals surface area contributed by atoms with Crippen LogP contribution in [0.5, 0.6) is 0 Å². The van der Waals surface area contributed by atoms with Crippen molar-refractivity contribution >= 4 is 0 Å². The van der Waals surface area contributed by atoms with E-state index in [0.29, 0.717) is 6.42 Å². The lowest BCUT2D eigenvalue weighted by Crippen LogP contribution is -2.47. The Morgan fingerprint density at radius 2 is 1.88 bits per heavy atom. The Morgan fingerprint density at radius 3 is 2.59 bits per heavy atom. The van der Waals surface area contributed by atoms with Gasteiger partial charge >= 0.3 is 6.18 Å². The lowest BCUT2D eigenvalue weighted by atomic mass is 9.68. The molecule has 6 rings (SSSR count). The van der Waals surface area contributed by atoms with Crippen LogP contribution in [0.1, 0.15) is 87.7 Å². The van der Waals surface area contributed by atoms with Gasteiger partial charge in [-0.1, -0.05) is 18.9 Å². The molecule has 5 nitrogen and oxygen atoms in total. The molecule has 2 aromatic heterocycles. The fourth-order valence-electron chi connectivity index (χ4n) is 7.17. The maximum absolute atomic E-state index is 13.9. The second-order valence-electron chi connectivity index (χ2n) is 11.0. The molecule has 0 bridgehead atoms. The van der Waals surface area contributed by atoms with E-state index in [9.17, 15) is 13.2 Å². The molecule has 3 atom stereocenters. The molecule has 1 saturated heterocycles. The Morgan fingerprint density at radius 1 is 1.06 bits per heavy atom. The Bertz CT molecular complexity index is 1010. The summed E-state index contributed by atoms with van der Waals surface area (Å²) in [6.45, 7) is 1.47. The maximum Gasteiger partial charge on any atom is 0.396 e. The third kappa shape index (κ3) is 3.60. The number of aromatic nitrogens is 3. The SMILES string of the molecule is FC(F)(F)C1([C@@H]2C[C@@H](NCCC3(c4ccccn4)CCOC4(CCCC4)C3)c3ccnn32)CC1. The molecular weight excluding hydrogens is 441 g/mol. The van der Waals surface area contributed by atoms with Crippen LogP contribution < -0.4 is 5.32 Å². The van der Waals surface area contributed by atoms with Crippen LogP contribution in [0.2, 0.25) is 0 Å². The molecule has 2 saturated carbocycles. The fourth-order valence-corrected chi connectivity index (χ4v) is 7.17. The number of ether oxygens (including phenoxy) is 1. The van der Waals surface area contributed by atoms with Gasteiger partial charge in [-0.3, -0.25) is 9.67 Å². The van der Waals surface area contributed by atoms with Crippen molar-refractivity contribution in [3.63, 3.8) is 0 Å². The third-order valence-electron chi connectivity index (χ3n) is 9.17. The zero-order valence-corrected chi connectivity index (χ0v) is 19.5. The lowest BCUT2D eigenvalue weighted by molar-refractivity contribution is -0.200. The van der Waals surface area contributed by atoms with Crippen molar-refractivity contribution in [3.05, 3.63) is 48.0 Å². The maximum atomic E-state index is 13.9. The minimum atomic E-state index is -4.18. The van der Waals surface area contributed by atoms with Crippen LogP contribution >= 0.6 is 0 Å². The lowest BCUT2D eigenvalue weighted by Gasteiger charge is -2.46. The highest BCUT2D eigenvalue weighted by molar-refractivity contribution is 5.22. The summed E-state index contributed by atoms with van der Waals surface area (Å²) < 4.78 is 49.6. The molecule has 0 amide bonds. The van der Waals surface area contributed by atoms with Crippen molar-refractivity contribution in [1.29, 1.82) is 0 Å². The number of nitrogens with zero attached hydrogens (tertiary/aromatic N) is 3. The Hall–Kier alpha value is -1.93. The number of rotatable bonds is 6. The number of fused-ring (bicyclic) bond motifs is 1. The highest BCUT2D eigenvalue weighted by Crippen LogP contribution is 2.67. The summed E-state index contributed by atoms with van der Waals surface area (Å²) in [5.74, 6) is 0. The van der Waals surface area contributed by atoms with Crippen LogP contribution in [0, 0.1) is 5.41 Å². The van der Waals surface area contributed by atoms with Crippen LogP contribution in [-0.4, -0.2) is 39.7 Å². The summed E-state index contributed by atoms with van der Waals surface area (Å²) in [4.78, 5) is 4.76. The molecule has 34 heavy (non-hydrogen) atoms. The van der Waals surface area contributed by atoms with Crippen LogP contribution in [0.4, 0.5) is 13.2 Å². The zero-order chi connectivity index (χ0) is 23.4. The summed E-state index contributed by atoms with van der Waals surface area (Å²) in [6.07, 6.45) is 7.63. The van der Waals surface area contributed by atoms with Gasteiger partial charge in [0.15, 0.2) is 0 Å². The number of hydrogen-bond donors (Lipinski definition) is 1. The number of alkyl halides is 3. The highest BCUT2D eigenvalue weighted by atomic mass is 19.4. The number of halogens is 3. The number of pyridine rings is 1. The Labute approximate surface area is 198 Å². The Kier molecular flexibility index (Phi) is 5.33. The Balaban J connectivity index is 1.19. The monoisotopic (exact) mass is 474 g/mol. The molecule has 2 aliphatic heterocycles. The molecule has 1 N–H and O–H groups in total. The summed E-state index contributed by atoms with van der Waals surface area (Å²) in [5, 5.41) is 7.93. The van der Waals surface area contributed by atoms with Gasteiger partial charge in [0, 0.05) is 30.1 Å². The molecule has 4 heterocycles. The predicted molar refractivity (Wildman–Crippen MR) is 121 cm³/mol. The van der Waals surface area contributed by atoms with Gasteiger partial charge < -0.3 is 10.1 Å². The average Bonchev–Trinajstić information content (AvgIpc) is 3.13. The second kappa shape index (κ2) is 8.05. The summed E-state index contributed by atoms with van der Waals surface area (Å²) in [7, 11) is 0. The first-order valence-corrected chi connectivity index (χ1v) is 12.8. The molecule has 0 radical (unpaired) electrons. The molecule has 2 aliphatic carbocycles. The largest absolute Gasteiger partial charge is 0.396 e. The first-order valence-electron chi connectivity index (χ1n) is 12.8. The van der Waals surface area contributed by atoms with E-state index in [4.69, 9.17) is 9.72 Å². The van der Waals surface area contributed by atoms with E-state index in [0.717, 1.165) is 56.6 Å². The summed E-state index contributed by atoms with van der Waals surface area (Å²) >= 11 is 0. The van der Waals surface area contributed by atoms with E-state index >= 15 is 0 Å². The quantitative estimate of drug-likeness (QED) is 0.588. The van der Waals surface area contributed by atoms with Crippen molar-refractivity contribution in [2.45, 2.75) is 93.5 Å². The van der Waals surface area contributed by atoms with E-state index in [1.54, 1.807) is 10.9 Å². The number of nitrogens with one attached hydrogen (secondary N) is 1. The van der Waals surface area contributed by atoms with Gasteiger partial charge in [-0.15, -0.1) is 0 Å². The topological polar surface area (TPSA) is 52.0 Å². The summed E-state index contributed by atoms with van der Waals surface area (Å²) in [5.41, 5.74) is 0.285. The van der Waals surface area contributed by atoms with Crippen molar-refractivity contribution < 1.29 is 17.9 Å². The van der Waals surface area contributed by atoms with Crippen LogP contribution in [0.15, 0.2) is 36.7 Å². The molecular formula is C26H33F3N4O. The van der Waals surface area contributed by atoms with Gasteiger partial charge in [0.05, 0.1) is 28.8 Å².